The third-order valence-electron chi connectivity index (χ3n) is 1.73. The smallest absolute Gasteiger partial charge is 0.244 e. The van der Waals surface area contributed by atoms with E-state index in [9.17, 15) is 9.59 Å². The van der Waals surface area contributed by atoms with Gasteiger partial charge in [-0.05, 0) is 6.42 Å². The van der Waals surface area contributed by atoms with Crippen LogP contribution in [0.3, 0.4) is 0 Å². The Balaban J connectivity index is 3.40. The number of rotatable bonds is 7. The van der Waals surface area contributed by atoms with Gasteiger partial charge in [-0.25, -0.2) is 0 Å². The number of nitrogens with one attached hydrogen (secondary N) is 1. The predicted molar refractivity (Wildman–Crippen MR) is 55.5 cm³/mol. The fourth-order valence-corrected chi connectivity index (χ4v) is 0.980. The van der Waals surface area contributed by atoms with Crippen LogP contribution in [0.5, 0.6) is 0 Å². The van der Waals surface area contributed by atoms with E-state index in [1.165, 1.54) is 12.8 Å². The van der Waals surface area contributed by atoms with Crippen molar-refractivity contribution in [2.75, 3.05) is 6.54 Å². The predicted octanol–water partition coefficient (Wildman–Crippen LogP) is 0.724. The van der Waals surface area contributed by atoms with Crippen molar-refractivity contribution in [1.29, 1.82) is 0 Å². The van der Waals surface area contributed by atoms with Gasteiger partial charge in [0.05, 0.1) is 0 Å². The number of amides is 2. The van der Waals surface area contributed by atoms with Gasteiger partial charge in [0, 0.05) is 18.7 Å². The van der Waals surface area contributed by atoms with E-state index < -0.39 is 5.91 Å². The third-order valence-corrected chi connectivity index (χ3v) is 1.73. The van der Waals surface area contributed by atoms with Crippen molar-refractivity contribution in [1.82, 2.24) is 5.32 Å². The van der Waals surface area contributed by atoms with Crippen molar-refractivity contribution < 1.29 is 9.59 Å². The Morgan fingerprint density at radius 1 is 1.21 bits per heavy atom. The minimum atomic E-state index is -0.605. The first kappa shape index (κ1) is 12.7. The molecule has 0 bridgehead atoms. The van der Waals surface area contributed by atoms with E-state index in [0.29, 0.717) is 6.54 Å². The highest BCUT2D eigenvalue weighted by Crippen LogP contribution is 1.96. The summed E-state index contributed by atoms with van der Waals surface area (Å²) < 4.78 is 0. The van der Waals surface area contributed by atoms with E-state index in [-0.39, 0.29) is 5.91 Å². The van der Waals surface area contributed by atoms with E-state index in [1.807, 2.05) is 0 Å². The van der Waals surface area contributed by atoms with Gasteiger partial charge >= 0.3 is 0 Å². The van der Waals surface area contributed by atoms with Crippen molar-refractivity contribution in [2.24, 2.45) is 5.73 Å². The fourth-order valence-electron chi connectivity index (χ4n) is 0.980. The Morgan fingerprint density at radius 3 is 2.50 bits per heavy atom. The van der Waals surface area contributed by atoms with E-state index >= 15 is 0 Å². The highest BCUT2D eigenvalue weighted by atomic mass is 16.2. The van der Waals surface area contributed by atoms with Crippen LogP contribution < -0.4 is 11.1 Å². The Bertz CT molecular complexity index is 212. The third kappa shape index (κ3) is 8.77. The number of hydrogen-bond donors (Lipinski definition) is 2. The van der Waals surface area contributed by atoms with Crippen LogP contribution in [0.15, 0.2) is 12.2 Å². The van der Waals surface area contributed by atoms with E-state index in [4.69, 9.17) is 5.73 Å². The van der Waals surface area contributed by atoms with Gasteiger partial charge < -0.3 is 11.1 Å². The number of unbranched alkanes of at least 4 members (excludes halogenated alkanes) is 3. The zero-order valence-electron chi connectivity index (χ0n) is 8.58. The van der Waals surface area contributed by atoms with Gasteiger partial charge in [-0.2, -0.15) is 0 Å². The van der Waals surface area contributed by atoms with Crippen LogP contribution in [0.1, 0.15) is 32.6 Å². The summed E-state index contributed by atoms with van der Waals surface area (Å²) >= 11 is 0. The summed E-state index contributed by atoms with van der Waals surface area (Å²) in [4.78, 5) is 21.2. The highest BCUT2D eigenvalue weighted by molar-refractivity contribution is 5.95. The summed E-state index contributed by atoms with van der Waals surface area (Å²) in [7, 11) is 0. The number of hydrogen-bond acceptors (Lipinski definition) is 2. The molecule has 0 rings (SSSR count). The van der Waals surface area contributed by atoms with E-state index in [1.54, 1.807) is 0 Å². The molecule has 0 spiro atoms. The zero-order chi connectivity index (χ0) is 10.8. The van der Waals surface area contributed by atoms with Crippen molar-refractivity contribution >= 4 is 11.8 Å². The Kier molecular flexibility index (Phi) is 7.50. The van der Waals surface area contributed by atoms with Crippen LogP contribution in [-0.2, 0) is 9.59 Å². The normalized spacial score (nSPS) is 10.4. The van der Waals surface area contributed by atoms with Crippen LogP contribution in [-0.4, -0.2) is 18.4 Å². The van der Waals surface area contributed by atoms with Crippen LogP contribution in [0.2, 0.25) is 0 Å². The number of carbonyl (C=O) groups is 2. The monoisotopic (exact) mass is 198 g/mol. The maximum Gasteiger partial charge on any atom is 0.244 e. The fraction of sp³-hybridized carbons (Fsp3) is 0.600. The standard InChI is InChI=1S/C10H18N2O2/c1-2-3-4-5-8-12-10(14)7-6-9(11)13/h6-7H,2-5,8H2,1H3,(H2,11,13)(H,12,14). The average molecular weight is 198 g/mol. The van der Waals surface area contributed by atoms with Gasteiger partial charge in [-0.15, -0.1) is 0 Å². The summed E-state index contributed by atoms with van der Waals surface area (Å²) in [6.07, 6.45) is 6.67. The quantitative estimate of drug-likeness (QED) is 0.467. The second-order valence-electron chi connectivity index (χ2n) is 3.09. The molecule has 0 aromatic heterocycles. The van der Waals surface area contributed by atoms with Crippen LogP contribution in [0.25, 0.3) is 0 Å². The summed E-state index contributed by atoms with van der Waals surface area (Å²) in [5, 5.41) is 2.66. The molecule has 0 fully saturated rings. The summed E-state index contributed by atoms with van der Waals surface area (Å²) in [5.41, 5.74) is 4.83. The molecular weight excluding hydrogens is 180 g/mol. The van der Waals surface area contributed by atoms with Crippen molar-refractivity contribution in [3.8, 4) is 0 Å². The van der Waals surface area contributed by atoms with Gasteiger partial charge in [0.25, 0.3) is 0 Å². The largest absolute Gasteiger partial charge is 0.366 e. The summed E-state index contributed by atoms with van der Waals surface area (Å²) in [6.45, 7) is 2.79. The molecule has 4 heteroatoms. The molecule has 0 aromatic carbocycles. The number of carbonyl (C=O) groups excluding carboxylic acids is 2. The van der Waals surface area contributed by atoms with Crippen LogP contribution in [0, 0.1) is 0 Å². The maximum atomic E-state index is 11.0. The molecule has 80 valence electrons. The maximum absolute atomic E-state index is 11.0. The van der Waals surface area contributed by atoms with Gasteiger partial charge in [0.2, 0.25) is 11.8 Å². The molecule has 3 N–H and O–H groups in total. The lowest BCUT2D eigenvalue weighted by Gasteiger charge is -2.00. The molecule has 14 heavy (non-hydrogen) atoms. The molecule has 0 aliphatic carbocycles. The molecule has 0 atom stereocenters. The topological polar surface area (TPSA) is 72.2 Å². The molecule has 0 aliphatic rings. The molecule has 4 nitrogen and oxygen atoms in total. The minimum absolute atomic E-state index is 0.264. The molecule has 0 unspecified atom stereocenters. The molecule has 0 saturated carbocycles. The Hall–Kier alpha value is -1.32. The Morgan fingerprint density at radius 2 is 1.93 bits per heavy atom. The molecule has 2 amide bonds. The Labute approximate surface area is 84.5 Å². The second kappa shape index (κ2) is 8.29. The van der Waals surface area contributed by atoms with Crippen molar-refractivity contribution in [2.45, 2.75) is 32.6 Å². The number of primary amides is 1. The first-order valence-corrected chi connectivity index (χ1v) is 4.92. The van der Waals surface area contributed by atoms with Gasteiger partial charge in [0.15, 0.2) is 0 Å². The number of nitrogens with two attached hydrogens (primary N) is 1. The minimum Gasteiger partial charge on any atom is -0.366 e. The lowest BCUT2D eigenvalue weighted by molar-refractivity contribution is -0.117. The van der Waals surface area contributed by atoms with Gasteiger partial charge in [0.1, 0.15) is 0 Å². The lowest BCUT2D eigenvalue weighted by Crippen LogP contribution is -2.22. The summed E-state index contributed by atoms with van der Waals surface area (Å²) in [6, 6.07) is 0. The highest BCUT2D eigenvalue weighted by Gasteiger charge is 1.94. The van der Waals surface area contributed by atoms with Crippen LogP contribution >= 0.6 is 0 Å². The average Bonchev–Trinajstić information content (AvgIpc) is 2.14. The molecule has 0 aromatic rings. The first-order chi connectivity index (χ1) is 6.66. The van der Waals surface area contributed by atoms with Crippen molar-refractivity contribution in [3.63, 3.8) is 0 Å². The van der Waals surface area contributed by atoms with Gasteiger partial charge in [-0.1, -0.05) is 26.2 Å². The second-order valence-corrected chi connectivity index (χ2v) is 3.09. The molecular formula is C10H18N2O2. The van der Waals surface area contributed by atoms with Crippen LogP contribution in [0.4, 0.5) is 0 Å². The lowest BCUT2D eigenvalue weighted by atomic mass is 10.2. The SMILES string of the molecule is CCCCCCNC(=O)C=CC(N)=O. The molecule has 0 aliphatic heterocycles. The first-order valence-electron chi connectivity index (χ1n) is 4.92. The zero-order valence-corrected chi connectivity index (χ0v) is 8.58. The van der Waals surface area contributed by atoms with Gasteiger partial charge in [-0.3, -0.25) is 9.59 Å². The van der Waals surface area contributed by atoms with E-state index in [2.05, 4.69) is 12.2 Å². The van der Waals surface area contributed by atoms with E-state index in [0.717, 1.165) is 25.0 Å². The van der Waals surface area contributed by atoms with Crippen molar-refractivity contribution in [3.05, 3.63) is 12.2 Å². The molecule has 0 radical (unpaired) electrons. The molecule has 0 heterocycles. The summed E-state index contributed by atoms with van der Waals surface area (Å²) in [5.74, 6) is -0.869. The molecule has 0 saturated heterocycles.